The summed E-state index contributed by atoms with van der Waals surface area (Å²) in [6.07, 6.45) is 4.36. The van der Waals surface area contributed by atoms with Crippen LogP contribution in [0.5, 0.6) is 0 Å². The first kappa shape index (κ1) is 27.8. The van der Waals surface area contributed by atoms with E-state index in [2.05, 4.69) is 71.2 Å². The van der Waals surface area contributed by atoms with Crippen LogP contribution in [0.25, 0.3) is 6.08 Å². The first-order valence-corrected chi connectivity index (χ1v) is 14.7. The Morgan fingerprint density at radius 3 is 2.33 bits per heavy atom. The third kappa shape index (κ3) is 6.18. The molecular formula is C30H36N7O2S+. The molecule has 3 aromatic rings. The number of amides is 2. The molecule has 9 nitrogen and oxygen atoms in total. The Bertz CT molecular complexity index is 1380. The molecule has 2 fully saturated rings. The molecule has 2 aromatic heterocycles. The van der Waals surface area contributed by atoms with Crippen LogP contribution in [0.3, 0.4) is 0 Å². The number of aromatic nitrogens is 3. The molecule has 0 bridgehead atoms. The van der Waals surface area contributed by atoms with E-state index in [4.69, 9.17) is 9.97 Å². The van der Waals surface area contributed by atoms with Gasteiger partial charge in [-0.25, -0.2) is 4.98 Å². The van der Waals surface area contributed by atoms with E-state index in [0.29, 0.717) is 21.0 Å². The van der Waals surface area contributed by atoms with Crippen LogP contribution >= 0.6 is 11.8 Å². The summed E-state index contributed by atoms with van der Waals surface area (Å²) in [6.45, 7) is 12.3. The lowest BCUT2D eigenvalue weighted by molar-refractivity contribution is -0.115. The minimum Gasteiger partial charge on any atom is -0.368 e. The number of hydrogen-bond donors (Lipinski definition) is 1. The van der Waals surface area contributed by atoms with Gasteiger partial charge in [0.15, 0.2) is 0 Å². The Hall–Kier alpha value is -3.76. The Balaban J connectivity index is 1.46. The van der Waals surface area contributed by atoms with E-state index >= 15 is 0 Å². The van der Waals surface area contributed by atoms with Crippen molar-refractivity contribution in [3.63, 3.8) is 0 Å². The summed E-state index contributed by atoms with van der Waals surface area (Å²) in [7, 11) is 0. The molecule has 40 heavy (non-hydrogen) atoms. The fraction of sp³-hybridized carbons (Fsp3) is 0.367. The Morgan fingerprint density at radius 2 is 1.70 bits per heavy atom. The standard InChI is InChI=1S/C30H35N7O2S/c1-4-37(5-2,19-13-23-8-6-7-14-31-23)27-21-24(20-26-28(38)34-30(39)40-26)32-29(33-27)36-17-15-35(16-18-36)25-11-9-22(3)10-12-25/h6-12,14,20-21H,4-5,13,15-19H2,1-3H3/p+1/b26-20-. The van der Waals surface area contributed by atoms with E-state index in [1.54, 1.807) is 6.08 Å². The number of nitrogens with one attached hydrogen (secondary N) is 1. The third-order valence-electron chi connectivity index (χ3n) is 7.82. The summed E-state index contributed by atoms with van der Waals surface area (Å²) in [5.74, 6) is 1.18. The van der Waals surface area contributed by atoms with Gasteiger partial charge in [-0.05, 0) is 62.9 Å². The number of imide groups is 1. The number of pyridine rings is 1. The normalized spacial score (nSPS) is 17.0. The highest BCUT2D eigenvalue weighted by Crippen LogP contribution is 2.30. The number of carbonyl (C=O) groups is 2. The molecular weight excluding hydrogens is 522 g/mol. The van der Waals surface area contributed by atoms with E-state index in [1.165, 1.54) is 11.3 Å². The third-order valence-corrected chi connectivity index (χ3v) is 8.63. The number of thioether (sulfide) groups is 1. The monoisotopic (exact) mass is 558 g/mol. The quantitative estimate of drug-likeness (QED) is 0.305. The summed E-state index contributed by atoms with van der Waals surface area (Å²) in [4.78, 5) is 43.7. The molecule has 0 aliphatic carbocycles. The van der Waals surface area contributed by atoms with Gasteiger partial charge < -0.3 is 9.80 Å². The average molecular weight is 559 g/mol. The van der Waals surface area contributed by atoms with Crippen LogP contribution < -0.4 is 19.6 Å². The van der Waals surface area contributed by atoms with Crippen LogP contribution in [0.15, 0.2) is 59.6 Å². The minimum atomic E-state index is -0.384. The summed E-state index contributed by atoms with van der Waals surface area (Å²) >= 11 is 0.909. The lowest BCUT2D eigenvalue weighted by atomic mass is 10.2. The minimum absolute atomic E-state index is 0.351. The van der Waals surface area contributed by atoms with Crippen LogP contribution in [0.4, 0.5) is 22.2 Å². The zero-order valence-electron chi connectivity index (χ0n) is 23.3. The predicted octanol–water partition coefficient (Wildman–Crippen LogP) is 4.42. The fourth-order valence-corrected chi connectivity index (χ4v) is 5.89. The number of carbonyl (C=O) groups excluding carboxylic acids is 2. The van der Waals surface area contributed by atoms with Crippen molar-refractivity contribution < 1.29 is 9.59 Å². The van der Waals surface area contributed by atoms with E-state index in [0.717, 1.165) is 75.5 Å². The van der Waals surface area contributed by atoms with Gasteiger partial charge in [0, 0.05) is 56.2 Å². The summed E-state index contributed by atoms with van der Waals surface area (Å²) < 4.78 is 0.657. The van der Waals surface area contributed by atoms with Crippen molar-refractivity contribution in [1.82, 2.24) is 24.8 Å². The SMILES string of the molecule is CC[N+](CC)(CCc1ccccn1)c1cc(/C=C2\SC(=O)NC2=O)nc(N2CCN(c3ccc(C)cc3)CC2)n1. The van der Waals surface area contributed by atoms with Gasteiger partial charge in [0.1, 0.15) is 0 Å². The molecule has 0 atom stereocenters. The zero-order valence-corrected chi connectivity index (χ0v) is 24.2. The maximum absolute atomic E-state index is 12.3. The van der Waals surface area contributed by atoms with Crippen molar-refractivity contribution in [3.8, 4) is 0 Å². The smallest absolute Gasteiger partial charge is 0.290 e. The Kier molecular flexibility index (Phi) is 8.46. The molecule has 10 heteroatoms. The topological polar surface area (TPSA) is 91.3 Å². The molecule has 2 aliphatic rings. The molecule has 0 unspecified atom stereocenters. The molecule has 208 valence electrons. The fourth-order valence-electron chi connectivity index (χ4n) is 5.23. The van der Waals surface area contributed by atoms with Crippen molar-refractivity contribution in [2.24, 2.45) is 0 Å². The van der Waals surface area contributed by atoms with Crippen LogP contribution in [-0.4, -0.2) is 71.9 Å². The second kappa shape index (κ2) is 12.2. The van der Waals surface area contributed by atoms with Crippen molar-refractivity contribution >= 4 is 46.4 Å². The van der Waals surface area contributed by atoms with E-state index in [1.807, 2.05) is 24.4 Å². The summed E-state index contributed by atoms with van der Waals surface area (Å²) in [6, 6.07) is 16.6. The van der Waals surface area contributed by atoms with Gasteiger partial charge >= 0.3 is 0 Å². The molecule has 2 saturated heterocycles. The van der Waals surface area contributed by atoms with Gasteiger partial charge in [0.25, 0.3) is 11.1 Å². The Morgan fingerprint density at radius 1 is 0.975 bits per heavy atom. The number of likely N-dealkylation sites (N-methyl/N-ethyl adjacent to an activating group) is 1. The highest BCUT2D eigenvalue weighted by Gasteiger charge is 2.32. The van der Waals surface area contributed by atoms with Crippen LogP contribution in [0.1, 0.15) is 30.8 Å². The molecule has 5 rings (SSSR count). The maximum Gasteiger partial charge on any atom is 0.290 e. The number of aryl methyl sites for hydroxylation is 1. The number of anilines is 2. The number of piperazine rings is 1. The molecule has 2 amide bonds. The van der Waals surface area contributed by atoms with Crippen molar-refractivity contribution in [3.05, 3.63) is 76.6 Å². The molecule has 1 N–H and O–H groups in total. The highest BCUT2D eigenvalue weighted by molar-refractivity contribution is 8.18. The summed E-state index contributed by atoms with van der Waals surface area (Å²) in [5.41, 5.74) is 4.16. The van der Waals surface area contributed by atoms with E-state index < -0.39 is 0 Å². The number of hydrogen-bond acceptors (Lipinski definition) is 8. The number of quaternary nitrogens is 1. The highest BCUT2D eigenvalue weighted by atomic mass is 32.2. The second-order valence-electron chi connectivity index (χ2n) is 10.2. The van der Waals surface area contributed by atoms with E-state index in [9.17, 15) is 9.59 Å². The van der Waals surface area contributed by atoms with Gasteiger partial charge in [0.05, 0.1) is 30.2 Å². The predicted molar refractivity (Wildman–Crippen MR) is 162 cm³/mol. The first-order valence-electron chi connectivity index (χ1n) is 13.9. The van der Waals surface area contributed by atoms with Gasteiger partial charge in [-0.1, -0.05) is 23.8 Å². The lowest BCUT2D eigenvalue weighted by Gasteiger charge is -2.38. The van der Waals surface area contributed by atoms with Gasteiger partial charge in [-0.15, -0.1) is 0 Å². The second-order valence-corrected chi connectivity index (χ2v) is 11.2. The molecule has 0 spiro atoms. The molecule has 0 radical (unpaired) electrons. The van der Waals surface area contributed by atoms with Crippen LogP contribution in [0, 0.1) is 6.92 Å². The van der Waals surface area contributed by atoms with Gasteiger partial charge in [-0.3, -0.25) is 24.4 Å². The lowest BCUT2D eigenvalue weighted by Crippen LogP contribution is -2.51. The van der Waals surface area contributed by atoms with Gasteiger partial charge in [0.2, 0.25) is 11.8 Å². The van der Waals surface area contributed by atoms with Crippen molar-refractivity contribution in [1.29, 1.82) is 0 Å². The first-order chi connectivity index (χ1) is 19.4. The van der Waals surface area contributed by atoms with Crippen LogP contribution in [-0.2, 0) is 11.2 Å². The number of nitrogens with zero attached hydrogens (tertiary/aromatic N) is 6. The number of benzene rings is 1. The molecule has 0 saturated carbocycles. The summed E-state index contributed by atoms with van der Waals surface area (Å²) in [5, 5.41) is 1.98. The van der Waals surface area contributed by atoms with Crippen molar-refractivity contribution in [2.75, 3.05) is 55.6 Å². The zero-order chi connectivity index (χ0) is 28.1. The largest absolute Gasteiger partial charge is 0.368 e. The van der Waals surface area contributed by atoms with Crippen molar-refractivity contribution in [2.45, 2.75) is 27.2 Å². The maximum atomic E-state index is 12.3. The van der Waals surface area contributed by atoms with Crippen LogP contribution in [0.2, 0.25) is 0 Å². The average Bonchev–Trinajstić information content (AvgIpc) is 3.30. The number of rotatable bonds is 9. The van der Waals surface area contributed by atoms with Gasteiger partial charge in [-0.2, -0.15) is 4.98 Å². The van der Waals surface area contributed by atoms with E-state index in [-0.39, 0.29) is 11.1 Å². The molecule has 4 heterocycles. The molecule has 2 aliphatic heterocycles. The molecule has 1 aromatic carbocycles. The Labute approximate surface area is 239 Å².